The number of hydrogen-bond donors (Lipinski definition) is 3. The van der Waals surface area contributed by atoms with Crippen LogP contribution >= 0.6 is 12.6 Å². The molecule has 0 saturated heterocycles. The van der Waals surface area contributed by atoms with E-state index < -0.39 is 10.1 Å². The van der Waals surface area contributed by atoms with Crippen LogP contribution in [0.4, 0.5) is 5.69 Å². The van der Waals surface area contributed by atoms with Gasteiger partial charge in [0.25, 0.3) is 10.1 Å². The summed E-state index contributed by atoms with van der Waals surface area (Å²) in [6.07, 6.45) is 0.281. The Kier molecular flexibility index (Phi) is 8.17. The number of carbonyl (C=O) groups excluding carboxylic acids is 1. The van der Waals surface area contributed by atoms with Crippen molar-refractivity contribution in [1.82, 2.24) is 0 Å². The number of thiol groups is 1. The van der Waals surface area contributed by atoms with Crippen molar-refractivity contribution >= 4 is 85.7 Å². The van der Waals surface area contributed by atoms with Gasteiger partial charge in [0.1, 0.15) is 0 Å². The molecule has 8 heteroatoms. The molecule has 17 heavy (non-hydrogen) atoms. The zero-order valence-corrected chi connectivity index (χ0v) is 9.96. The van der Waals surface area contributed by atoms with Gasteiger partial charge in [0.15, 0.2) is 0 Å². The van der Waals surface area contributed by atoms with E-state index in [4.69, 9.17) is 4.55 Å². The van der Waals surface area contributed by atoms with Crippen molar-refractivity contribution in [2.75, 3.05) is 11.1 Å². The van der Waals surface area contributed by atoms with Crippen LogP contribution in [-0.4, -0.2) is 76.0 Å². The zero-order chi connectivity index (χ0) is 12.2. The molecule has 0 atom stereocenters. The fraction of sp³-hybridized carbons (Fsp3) is 0.222. The van der Waals surface area contributed by atoms with Crippen LogP contribution in [0.5, 0.6) is 0 Å². The molecule has 0 aliphatic carbocycles. The van der Waals surface area contributed by atoms with Gasteiger partial charge in [0, 0.05) is 12.1 Å². The molecule has 2 N–H and O–H groups in total. The van der Waals surface area contributed by atoms with E-state index in [0.29, 0.717) is 11.4 Å². The monoisotopic (exact) mass is 301 g/mol. The molecule has 1 aromatic carbocycles. The molecule has 0 spiro atoms. The molecule has 0 radical (unpaired) electrons. The third-order valence-electron chi connectivity index (χ3n) is 1.77. The van der Waals surface area contributed by atoms with E-state index >= 15 is 0 Å². The summed E-state index contributed by atoms with van der Waals surface area (Å²) in [6, 6.07) is 5.23. The van der Waals surface area contributed by atoms with Crippen LogP contribution in [0.2, 0.25) is 0 Å². The summed E-state index contributed by atoms with van der Waals surface area (Å²) >= 11 is 3.91. The summed E-state index contributed by atoms with van der Waals surface area (Å²) in [5.41, 5.74) is 0.471. The summed E-state index contributed by atoms with van der Waals surface area (Å²) in [7, 11) is -4.18. The molecule has 90 valence electrons. The van der Waals surface area contributed by atoms with E-state index in [1.54, 1.807) is 0 Å². The van der Waals surface area contributed by atoms with E-state index in [2.05, 4.69) is 17.9 Å². The van der Waals surface area contributed by atoms with Crippen LogP contribution < -0.4 is 5.32 Å². The van der Waals surface area contributed by atoms with Gasteiger partial charge < -0.3 is 5.32 Å². The first kappa shape index (κ1) is 17.6. The Labute approximate surface area is 148 Å². The van der Waals surface area contributed by atoms with Gasteiger partial charge in [-0.2, -0.15) is 21.0 Å². The predicted octanol–water partition coefficient (Wildman–Crippen LogP) is 0.543. The molecule has 1 aromatic rings. The van der Waals surface area contributed by atoms with Crippen LogP contribution in [0.15, 0.2) is 29.2 Å². The molecule has 1 rings (SSSR count). The summed E-state index contributed by atoms with van der Waals surface area (Å²) in [4.78, 5) is 11.0. The maximum atomic E-state index is 11.2. The summed E-state index contributed by atoms with van der Waals surface area (Å²) < 4.78 is 30.2. The van der Waals surface area contributed by atoms with Crippen LogP contribution in [0.1, 0.15) is 6.42 Å². The summed E-state index contributed by atoms with van der Waals surface area (Å²) in [6.45, 7) is 0. The SMILES string of the molecule is O=C(CCS)Nc1ccc(S(=O)(=O)O)cc1.[KH]. The molecular weight excluding hydrogens is 289 g/mol. The van der Waals surface area contributed by atoms with Gasteiger partial charge in [0.05, 0.1) is 4.90 Å². The van der Waals surface area contributed by atoms with E-state index in [1.165, 1.54) is 24.3 Å². The van der Waals surface area contributed by atoms with Crippen LogP contribution in [0, 0.1) is 0 Å². The van der Waals surface area contributed by atoms with E-state index in [1.807, 2.05) is 0 Å². The van der Waals surface area contributed by atoms with Crippen molar-refractivity contribution < 1.29 is 17.8 Å². The average Bonchev–Trinajstić information content (AvgIpc) is 2.17. The Morgan fingerprint density at radius 1 is 1.29 bits per heavy atom. The second-order valence-corrected chi connectivity index (χ2v) is 4.89. The molecule has 0 unspecified atom stereocenters. The Balaban J connectivity index is 0.00000256. The van der Waals surface area contributed by atoms with Crippen molar-refractivity contribution in [1.29, 1.82) is 0 Å². The van der Waals surface area contributed by atoms with Crippen LogP contribution in [0.3, 0.4) is 0 Å². The first-order chi connectivity index (χ1) is 7.43. The number of hydrogen-bond acceptors (Lipinski definition) is 4. The number of benzene rings is 1. The third kappa shape index (κ3) is 6.34. The predicted molar refractivity (Wildman–Crippen MR) is 70.5 cm³/mol. The summed E-state index contributed by atoms with van der Waals surface area (Å²) in [5, 5.41) is 2.56. The second kappa shape index (κ2) is 7.90. The van der Waals surface area contributed by atoms with Gasteiger partial charge in [-0.25, -0.2) is 0 Å². The fourth-order valence-corrected chi connectivity index (χ4v) is 1.72. The molecule has 0 aliphatic rings. The molecule has 0 heterocycles. The van der Waals surface area contributed by atoms with Crippen LogP contribution in [0.25, 0.3) is 0 Å². The van der Waals surface area contributed by atoms with Gasteiger partial charge >= 0.3 is 51.4 Å². The van der Waals surface area contributed by atoms with E-state index in [9.17, 15) is 13.2 Å². The first-order valence-electron chi connectivity index (χ1n) is 4.42. The number of nitrogens with one attached hydrogen (secondary N) is 1. The Morgan fingerprint density at radius 2 is 1.82 bits per heavy atom. The number of amides is 1. The quantitative estimate of drug-likeness (QED) is 0.431. The molecule has 1 amide bonds. The third-order valence-corrected chi connectivity index (χ3v) is 2.87. The summed E-state index contributed by atoms with van der Waals surface area (Å²) in [5.74, 6) is 0.240. The second-order valence-electron chi connectivity index (χ2n) is 3.02. The average molecular weight is 301 g/mol. The molecular formula is C9H12KNO4S2. The molecule has 0 aliphatic heterocycles. The van der Waals surface area contributed by atoms with Crippen molar-refractivity contribution in [2.45, 2.75) is 11.3 Å². The minimum atomic E-state index is -4.18. The molecule has 5 nitrogen and oxygen atoms in total. The topological polar surface area (TPSA) is 83.5 Å². The minimum absolute atomic E-state index is 0. The van der Waals surface area contributed by atoms with Gasteiger partial charge in [-0.3, -0.25) is 9.35 Å². The zero-order valence-electron chi connectivity index (χ0n) is 8.25. The Hall–Kier alpha value is 0.586. The molecule has 0 aromatic heterocycles. The van der Waals surface area contributed by atoms with Crippen molar-refractivity contribution in [3.05, 3.63) is 24.3 Å². The first-order valence-corrected chi connectivity index (χ1v) is 6.49. The van der Waals surface area contributed by atoms with Gasteiger partial charge in [0.2, 0.25) is 5.91 Å². The van der Waals surface area contributed by atoms with Crippen molar-refractivity contribution in [3.63, 3.8) is 0 Å². The van der Waals surface area contributed by atoms with E-state index in [0.717, 1.165) is 0 Å². The number of anilines is 1. The number of carbonyl (C=O) groups is 1. The molecule has 0 saturated carbocycles. The maximum absolute atomic E-state index is 11.2. The standard InChI is InChI=1S/C9H11NO4S2.K.H/c11-9(5-6-15)10-7-1-3-8(4-2-7)16(12,13)14;;/h1-4,15H,5-6H2,(H,10,11)(H,12,13,14);;. The number of rotatable bonds is 4. The fourth-order valence-electron chi connectivity index (χ4n) is 1.04. The Bertz CT molecular complexity index is 472. The van der Waals surface area contributed by atoms with E-state index in [-0.39, 0.29) is 68.6 Å². The van der Waals surface area contributed by atoms with Gasteiger partial charge in [-0.15, -0.1) is 0 Å². The van der Waals surface area contributed by atoms with Gasteiger partial charge in [-0.1, -0.05) is 0 Å². The van der Waals surface area contributed by atoms with Gasteiger partial charge in [-0.05, 0) is 30.0 Å². The Morgan fingerprint density at radius 3 is 2.24 bits per heavy atom. The molecule has 0 fully saturated rings. The molecule has 0 bridgehead atoms. The van der Waals surface area contributed by atoms with Crippen LogP contribution in [-0.2, 0) is 14.9 Å². The normalized spacial score (nSPS) is 10.5. The van der Waals surface area contributed by atoms with Crippen molar-refractivity contribution in [3.8, 4) is 0 Å². The van der Waals surface area contributed by atoms with Crippen molar-refractivity contribution in [2.24, 2.45) is 0 Å².